The zero-order valence-electron chi connectivity index (χ0n) is 9.59. The van der Waals surface area contributed by atoms with Crippen molar-refractivity contribution in [1.82, 2.24) is 0 Å². The van der Waals surface area contributed by atoms with Gasteiger partial charge in [0.15, 0.2) is 0 Å². The molecule has 0 aromatic heterocycles. The van der Waals surface area contributed by atoms with Gasteiger partial charge in [-0.05, 0) is 35.4 Å². The predicted molar refractivity (Wildman–Crippen MR) is 66.1 cm³/mol. The first-order chi connectivity index (χ1) is 7.50. The maximum Gasteiger partial charge on any atom is 0.124 e. The molecule has 1 atom stereocenters. The summed E-state index contributed by atoms with van der Waals surface area (Å²) < 4.78 is 19.4. The Balaban J connectivity index is 2.35. The summed E-state index contributed by atoms with van der Waals surface area (Å²) in [7, 11) is 0. The van der Waals surface area contributed by atoms with E-state index in [1.54, 1.807) is 6.07 Å². The molecule has 1 heterocycles. The first kappa shape index (κ1) is 12.1. The Labute approximate surface area is 104 Å². The van der Waals surface area contributed by atoms with Crippen LogP contribution < -0.4 is 0 Å². The lowest BCUT2D eigenvalue weighted by atomic mass is 9.72. The van der Waals surface area contributed by atoms with Crippen molar-refractivity contribution in [1.29, 1.82) is 0 Å². The van der Waals surface area contributed by atoms with Crippen LogP contribution in [0.5, 0.6) is 0 Å². The van der Waals surface area contributed by atoms with Gasteiger partial charge in [-0.3, -0.25) is 0 Å². The predicted octanol–water partition coefficient (Wildman–Crippen LogP) is 4.12. The van der Waals surface area contributed by atoms with Crippen LogP contribution in [-0.2, 0) is 4.74 Å². The fourth-order valence-electron chi connectivity index (χ4n) is 2.39. The van der Waals surface area contributed by atoms with Gasteiger partial charge >= 0.3 is 0 Å². The largest absolute Gasteiger partial charge is 0.381 e. The highest BCUT2D eigenvalue weighted by atomic mass is 79.9. The van der Waals surface area contributed by atoms with Crippen molar-refractivity contribution in [2.24, 2.45) is 5.41 Å². The van der Waals surface area contributed by atoms with Crippen LogP contribution in [0.2, 0.25) is 0 Å². The molecule has 1 unspecified atom stereocenters. The Morgan fingerprint density at radius 3 is 2.81 bits per heavy atom. The molecule has 0 N–H and O–H groups in total. The highest BCUT2D eigenvalue weighted by Gasteiger charge is 2.35. The van der Waals surface area contributed by atoms with Crippen LogP contribution in [-0.4, -0.2) is 13.2 Å². The van der Waals surface area contributed by atoms with Crippen molar-refractivity contribution in [2.75, 3.05) is 13.2 Å². The molecule has 0 radical (unpaired) electrons. The van der Waals surface area contributed by atoms with E-state index in [2.05, 4.69) is 29.8 Å². The van der Waals surface area contributed by atoms with Crippen LogP contribution in [0.1, 0.15) is 31.7 Å². The maximum absolute atomic E-state index is 13.1. The fourth-order valence-corrected chi connectivity index (χ4v) is 3.02. The topological polar surface area (TPSA) is 9.23 Å². The molecular formula is C13H16BrFO. The third-order valence-electron chi connectivity index (χ3n) is 3.31. The fraction of sp³-hybridized carbons (Fsp3) is 0.538. The Morgan fingerprint density at radius 2 is 2.19 bits per heavy atom. The molecule has 0 bridgehead atoms. The summed E-state index contributed by atoms with van der Waals surface area (Å²) in [6, 6.07) is 4.96. The summed E-state index contributed by atoms with van der Waals surface area (Å²) in [4.78, 5) is 0. The number of benzene rings is 1. The summed E-state index contributed by atoms with van der Waals surface area (Å²) in [5.41, 5.74) is 1.30. The first-order valence-corrected chi connectivity index (χ1v) is 6.33. The minimum Gasteiger partial charge on any atom is -0.381 e. The van der Waals surface area contributed by atoms with E-state index in [9.17, 15) is 4.39 Å². The van der Waals surface area contributed by atoms with Crippen LogP contribution in [0.25, 0.3) is 0 Å². The standard InChI is InChI=1S/C13H16BrFO/c1-13(2)8-16-6-5-11(13)10-4-3-9(15)7-12(10)14/h3-4,7,11H,5-6,8H2,1-2H3. The van der Waals surface area contributed by atoms with E-state index in [-0.39, 0.29) is 11.2 Å². The Morgan fingerprint density at radius 1 is 1.44 bits per heavy atom. The first-order valence-electron chi connectivity index (χ1n) is 5.53. The van der Waals surface area contributed by atoms with Crippen molar-refractivity contribution in [3.8, 4) is 0 Å². The minimum atomic E-state index is -0.194. The number of hydrogen-bond acceptors (Lipinski definition) is 1. The van der Waals surface area contributed by atoms with Gasteiger partial charge < -0.3 is 4.74 Å². The second-order valence-electron chi connectivity index (χ2n) is 5.05. The Kier molecular flexibility index (Phi) is 3.36. The number of rotatable bonds is 1. The molecule has 88 valence electrons. The zero-order chi connectivity index (χ0) is 11.8. The van der Waals surface area contributed by atoms with Gasteiger partial charge in [-0.2, -0.15) is 0 Å². The number of ether oxygens (including phenoxy) is 1. The number of halogens is 2. The molecule has 1 aliphatic rings. The summed E-state index contributed by atoms with van der Waals surface area (Å²) >= 11 is 3.45. The molecule has 1 aromatic rings. The molecule has 2 rings (SSSR count). The third kappa shape index (κ3) is 2.30. The quantitative estimate of drug-likeness (QED) is 0.755. The molecule has 1 aromatic carbocycles. The van der Waals surface area contributed by atoms with Gasteiger partial charge in [-0.25, -0.2) is 4.39 Å². The Hall–Kier alpha value is -0.410. The normalized spacial score (nSPS) is 24.4. The van der Waals surface area contributed by atoms with Crippen molar-refractivity contribution >= 4 is 15.9 Å². The van der Waals surface area contributed by atoms with Crippen LogP contribution in [0, 0.1) is 11.2 Å². The number of hydrogen-bond donors (Lipinski definition) is 0. The summed E-state index contributed by atoms with van der Waals surface area (Å²) in [6.45, 7) is 5.96. The smallest absolute Gasteiger partial charge is 0.124 e. The van der Waals surface area contributed by atoms with E-state index in [4.69, 9.17) is 4.74 Å². The van der Waals surface area contributed by atoms with Gasteiger partial charge in [0.1, 0.15) is 5.82 Å². The van der Waals surface area contributed by atoms with Gasteiger partial charge in [-0.1, -0.05) is 35.8 Å². The second kappa shape index (κ2) is 4.46. The van der Waals surface area contributed by atoms with Crippen LogP contribution in [0.15, 0.2) is 22.7 Å². The van der Waals surface area contributed by atoms with E-state index in [1.165, 1.54) is 11.6 Å². The molecule has 1 fully saturated rings. The molecular weight excluding hydrogens is 271 g/mol. The SMILES string of the molecule is CC1(C)COCCC1c1ccc(F)cc1Br. The van der Waals surface area contributed by atoms with Crippen molar-refractivity contribution in [3.63, 3.8) is 0 Å². The van der Waals surface area contributed by atoms with E-state index >= 15 is 0 Å². The highest BCUT2D eigenvalue weighted by molar-refractivity contribution is 9.10. The van der Waals surface area contributed by atoms with Gasteiger partial charge in [-0.15, -0.1) is 0 Å². The zero-order valence-corrected chi connectivity index (χ0v) is 11.2. The molecule has 0 amide bonds. The molecule has 0 saturated carbocycles. The third-order valence-corrected chi connectivity index (χ3v) is 3.99. The molecule has 3 heteroatoms. The lowest BCUT2D eigenvalue weighted by molar-refractivity contribution is -0.00472. The van der Waals surface area contributed by atoms with Crippen molar-refractivity contribution in [2.45, 2.75) is 26.2 Å². The molecule has 16 heavy (non-hydrogen) atoms. The average Bonchev–Trinajstić information content (AvgIpc) is 2.19. The van der Waals surface area contributed by atoms with Gasteiger partial charge in [0, 0.05) is 11.1 Å². The van der Waals surface area contributed by atoms with Gasteiger partial charge in [0.25, 0.3) is 0 Å². The monoisotopic (exact) mass is 286 g/mol. The van der Waals surface area contributed by atoms with Gasteiger partial charge in [0.05, 0.1) is 6.61 Å². The van der Waals surface area contributed by atoms with Gasteiger partial charge in [0.2, 0.25) is 0 Å². The molecule has 1 aliphatic heterocycles. The van der Waals surface area contributed by atoms with Crippen LogP contribution >= 0.6 is 15.9 Å². The molecule has 1 saturated heterocycles. The van der Waals surface area contributed by atoms with E-state index in [0.717, 1.165) is 24.1 Å². The van der Waals surface area contributed by atoms with Crippen LogP contribution in [0.4, 0.5) is 4.39 Å². The minimum absolute atomic E-state index is 0.110. The lowest BCUT2D eigenvalue weighted by Crippen LogP contribution is -2.33. The van der Waals surface area contributed by atoms with Crippen molar-refractivity contribution in [3.05, 3.63) is 34.1 Å². The molecule has 0 spiro atoms. The Bertz CT molecular complexity index is 390. The van der Waals surface area contributed by atoms with Crippen LogP contribution in [0.3, 0.4) is 0 Å². The average molecular weight is 287 g/mol. The summed E-state index contributed by atoms with van der Waals surface area (Å²) in [5.74, 6) is 0.233. The van der Waals surface area contributed by atoms with E-state index in [1.807, 2.05) is 6.07 Å². The lowest BCUT2D eigenvalue weighted by Gasteiger charge is -2.39. The molecule has 1 nitrogen and oxygen atoms in total. The maximum atomic E-state index is 13.1. The van der Waals surface area contributed by atoms with E-state index in [0.29, 0.717) is 5.92 Å². The highest BCUT2D eigenvalue weighted by Crippen LogP contribution is 2.43. The molecule has 0 aliphatic carbocycles. The van der Waals surface area contributed by atoms with E-state index < -0.39 is 0 Å². The second-order valence-corrected chi connectivity index (χ2v) is 5.90. The summed E-state index contributed by atoms with van der Waals surface area (Å²) in [6.07, 6.45) is 0.997. The van der Waals surface area contributed by atoms with Crippen molar-refractivity contribution < 1.29 is 9.13 Å². The summed E-state index contributed by atoms with van der Waals surface area (Å²) in [5, 5.41) is 0.